The van der Waals surface area contributed by atoms with Gasteiger partial charge in [-0.15, -0.1) is 0 Å². The van der Waals surface area contributed by atoms with Gasteiger partial charge in [0.05, 0.1) is 6.42 Å². The van der Waals surface area contributed by atoms with Crippen LogP contribution in [-0.4, -0.2) is 32.1 Å². The molecule has 0 aliphatic heterocycles. The molecule has 0 aliphatic carbocycles. The Morgan fingerprint density at radius 1 is 1.04 bits per heavy atom. The number of rotatable bonds is 8. The Labute approximate surface area is 142 Å². The molecule has 0 atom stereocenters. The topological polar surface area (TPSA) is 67.4 Å². The second-order valence-electron chi connectivity index (χ2n) is 5.39. The van der Waals surface area contributed by atoms with Gasteiger partial charge in [-0.05, 0) is 30.2 Å². The minimum absolute atomic E-state index is 0.112. The van der Waals surface area contributed by atoms with Gasteiger partial charge in [0.15, 0.2) is 0 Å². The molecule has 24 heavy (non-hydrogen) atoms. The maximum atomic E-state index is 12.1. The van der Waals surface area contributed by atoms with Crippen molar-refractivity contribution in [1.29, 1.82) is 0 Å². The number of benzene rings is 2. The maximum Gasteiger partial charge on any atom is 0.251 e. The maximum absolute atomic E-state index is 12.1. The van der Waals surface area contributed by atoms with E-state index in [9.17, 15) is 9.59 Å². The average Bonchev–Trinajstić information content (AvgIpc) is 2.59. The number of hydrogen-bond acceptors (Lipinski definition) is 3. The summed E-state index contributed by atoms with van der Waals surface area (Å²) < 4.78 is 4.94. The molecule has 0 heterocycles. The number of anilines is 1. The molecule has 126 valence electrons. The first kappa shape index (κ1) is 17.7. The first-order chi connectivity index (χ1) is 11.7. The lowest BCUT2D eigenvalue weighted by Crippen LogP contribution is -2.25. The van der Waals surface area contributed by atoms with Gasteiger partial charge in [0.25, 0.3) is 5.91 Å². The van der Waals surface area contributed by atoms with E-state index in [2.05, 4.69) is 10.6 Å². The predicted octanol–water partition coefficient (Wildman–Crippen LogP) is 2.63. The molecule has 2 aromatic carbocycles. The monoisotopic (exact) mass is 326 g/mol. The Morgan fingerprint density at radius 2 is 1.83 bits per heavy atom. The lowest BCUT2D eigenvalue weighted by atomic mass is 10.1. The number of methoxy groups -OCH3 is 1. The van der Waals surface area contributed by atoms with E-state index in [1.54, 1.807) is 31.4 Å². The first-order valence-corrected chi connectivity index (χ1v) is 7.90. The van der Waals surface area contributed by atoms with Crippen LogP contribution in [0.3, 0.4) is 0 Å². The molecule has 2 aromatic rings. The Bertz CT molecular complexity index is 671. The van der Waals surface area contributed by atoms with Crippen LogP contribution in [0.25, 0.3) is 0 Å². The summed E-state index contributed by atoms with van der Waals surface area (Å²) in [6, 6.07) is 16.4. The molecule has 2 N–H and O–H groups in total. The normalized spacial score (nSPS) is 10.2. The molecular weight excluding hydrogens is 304 g/mol. The van der Waals surface area contributed by atoms with Crippen molar-refractivity contribution < 1.29 is 14.3 Å². The summed E-state index contributed by atoms with van der Waals surface area (Å²) in [7, 11) is 1.63. The molecule has 0 bridgehead atoms. The Morgan fingerprint density at radius 3 is 2.58 bits per heavy atom. The van der Waals surface area contributed by atoms with E-state index in [0.29, 0.717) is 30.8 Å². The summed E-state index contributed by atoms with van der Waals surface area (Å²) in [4.78, 5) is 24.2. The molecular formula is C19H22N2O3. The molecule has 0 fully saturated rings. The Balaban J connectivity index is 1.90. The summed E-state index contributed by atoms with van der Waals surface area (Å²) in [5.41, 5.74) is 2.08. The molecule has 0 unspecified atom stereocenters. The summed E-state index contributed by atoms with van der Waals surface area (Å²) in [6.07, 6.45) is 1.06. The fourth-order valence-corrected chi connectivity index (χ4v) is 2.25. The SMILES string of the molecule is COCCCNC(=O)c1cccc(NC(=O)Cc2ccccc2)c1. The second-order valence-corrected chi connectivity index (χ2v) is 5.39. The number of nitrogens with one attached hydrogen (secondary N) is 2. The van der Waals surface area contributed by atoms with E-state index in [1.165, 1.54) is 0 Å². The number of hydrogen-bond donors (Lipinski definition) is 2. The van der Waals surface area contributed by atoms with Crippen molar-refractivity contribution in [1.82, 2.24) is 5.32 Å². The minimum Gasteiger partial charge on any atom is -0.385 e. The van der Waals surface area contributed by atoms with Gasteiger partial charge in [0, 0.05) is 31.5 Å². The van der Waals surface area contributed by atoms with E-state index < -0.39 is 0 Å². The van der Waals surface area contributed by atoms with Crippen molar-refractivity contribution in [3.05, 3.63) is 65.7 Å². The first-order valence-electron chi connectivity index (χ1n) is 7.90. The zero-order chi connectivity index (χ0) is 17.2. The fraction of sp³-hybridized carbons (Fsp3) is 0.263. The molecule has 5 heteroatoms. The van der Waals surface area contributed by atoms with Gasteiger partial charge >= 0.3 is 0 Å². The molecule has 0 radical (unpaired) electrons. The van der Waals surface area contributed by atoms with Crippen molar-refractivity contribution in [2.45, 2.75) is 12.8 Å². The quantitative estimate of drug-likeness (QED) is 0.733. The van der Waals surface area contributed by atoms with E-state index >= 15 is 0 Å². The standard InChI is InChI=1S/C19H22N2O3/c1-24-12-6-11-20-19(23)16-9-5-10-17(14-16)21-18(22)13-15-7-3-2-4-8-15/h2-5,7-10,14H,6,11-13H2,1H3,(H,20,23)(H,21,22). The van der Waals surface area contributed by atoms with Gasteiger partial charge in [0.2, 0.25) is 5.91 Å². The van der Waals surface area contributed by atoms with Crippen molar-refractivity contribution >= 4 is 17.5 Å². The van der Waals surface area contributed by atoms with Crippen molar-refractivity contribution in [3.8, 4) is 0 Å². The van der Waals surface area contributed by atoms with Crippen LogP contribution < -0.4 is 10.6 Å². The summed E-state index contributed by atoms with van der Waals surface area (Å²) in [5.74, 6) is -0.274. The number of carbonyl (C=O) groups is 2. The average molecular weight is 326 g/mol. The summed E-state index contributed by atoms with van der Waals surface area (Å²) in [5, 5.41) is 5.65. The predicted molar refractivity (Wildman–Crippen MR) is 94.0 cm³/mol. The summed E-state index contributed by atoms with van der Waals surface area (Å²) >= 11 is 0. The van der Waals surface area contributed by atoms with Crippen LogP contribution in [0.2, 0.25) is 0 Å². The minimum atomic E-state index is -0.162. The molecule has 2 amide bonds. The van der Waals surface area contributed by atoms with Gasteiger partial charge in [-0.25, -0.2) is 0 Å². The fourth-order valence-electron chi connectivity index (χ4n) is 2.25. The van der Waals surface area contributed by atoms with Crippen LogP contribution in [-0.2, 0) is 16.0 Å². The highest BCUT2D eigenvalue weighted by Crippen LogP contribution is 2.11. The lowest BCUT2D eigenvalue weighted by molar-refractivity contribution is -0.115. The third kappa shape index (κ3) is 5.85. The van der Waals surface area contributed by atoms with E-state index in [4.69, 9.17) is 4.74 Å². The van der Waals surface area contributed by atoms with Gasteiger partial charge in [-0.3, -0.25) is 9.59 Å². The number of amides is 2. The molecule has 5 nitrogen and oxygen atoms in total. The van der Waals surface area contributed by atoms with Crippen LogP contribution in [0.15, 0.2) is 54.6 Å². The zero-order valence-corrected chi connectivity index (χ0v) is 13.7. The highest BCUT2D eigenvalue weighted by atomic mass is 16.5. The largest absolute Gasteiger partial charge is 0.385 e. The third-order valence-electron chi connectivity index (χ3n) is 3.43. The molecule has 0 spiro atoms. The van der Waals surface area contributed by atoms with Crippen LogP contribution in [0.5, 0.6) is 0 Å². The van der Waals surface area contributed by atoms with E-state index in [0.717, 1.165) is 12.0 Å². The van der Waals surface area contributed by atoms with Crippen molar-refractivity contribution in [2.24, 2.45) is 0 Å². The molecule has 0 aliphatic rings. The van der Waals surface area contributed by atoms with Crippen LogP contribution in [0.4, 0.5) is 5.69 Å². The Hall–Kier alpha value is -2.66. The highest BCUT2D eigenvalue weighted by Gasteiger charge is 2.08. The van der Waals surface area contributed by atoms with Crippen LogP contribution in [0.1, 0.15) is 22.3 Å². The van der Waals surface area contributed by atoms with Gasteiger partial charge in [0.1, 0.15) is 0 Å². The van der Waals surface area contributed by atoms with E-state index in [1.807, 2.05) is 30.3 Å². The van der Waals surface area contributed by atoms with Gasteiger partial charge in [-0.2, -0.15) is 0 Å². The van der Waals surface area contributed by atoms with Gasteiger partial charge < -0.3 is 15.4 Å². The second kappa shape index (κ2) is 9.47. The summed E-state index contributed by atoms with van der Waals surface area (Å²) in [6.45, 7) is 1.16. The van der Waals surface area contributed by atoms with E-state index in [-0.39, 0.29) is 11.8 Å². The van der Waals surface area contributed by atoms with Crippen molar-refractivity contribution in [2.75, 3.05) is 25.6 Å². The highest BCUT2D eigenvalue weighted by molar-refractivity contribution is 5.97. The zero-order valence-electron chi connectivity index (χ0n) is 13.7. The van der Waals surface area contributed by atoms with Gasteiger partial charge in [-0.1, -0.05) is 36.4 Å². The lowest BCUT2D eigenvalue weighted by Gasteiger charge is -2.08. The smallest absolute Gasteiger partial charge is 0.251 e. The van der Waals surface area contributed by atoms with Crippen LogP contribution >= 0.6 is 0 Å². The number of ether oxygens (including phenoxy) is 1. The molecule has 0 saturated heterocycles. The molecule has 0 aromatic heterocycles. The van der Waals surface area contributed by atoms with Crippen molar-refractivity contribution in [3.63, 3.8) is 0 Å². The van der Waals surface area contributed by atoms with Crippen LogP contribution in [0, 0.1) is 0 Å². The molecule has 2 rings (SSSR count). The third-order valence-corrected chi connectivity index (χ3v) is 3.43. The number of carbonyl (C=O) groups excluding carboxylic acids is 2. The molecule has 0 saturated carbocycles. The Kier molecular flexibility index (Phi) is 6.98.